The maximum atomic E-state index is 13.5. The number of allylic oxidation sites excluding steroid dienone is 1. The van der Waals surface area contributed by atoms with E-state index >= 15 is 0 Å². The lowest BCUT2D eigenvalue weighted by molar-refractivity contribution is -0.145. The van der Waals surface area contributed by atoms with Gasteiger partial charge in [-0.15, -0.1) is 0 Å². The summed E-state index contributed by atoms with van der Waals surface area (Å²) in [6.07, 6.45) is 6.10. The number of amides is 1. The number of nitrogens with zero attached hydrogens (tertiary/aromatic N) is 1. The topological polar surface area (TPSA) is 108 Å². The van der Waals surface area contributed by atoms with Crippen molar-refractivity contribution in [3.8, 4) is 0 Å². The molecule has 4 aromatic rings. The number of methoxy groups -OCH3 is 1. The average Bonchev–Trinajstić information content (AvgIpc) is 3.48. The van der Waals surface area contributed by atoms with Crippen molar-refractivity contribution in [3.05, 3.63) is 101 Å². The van der Waals surface area contributed by atoms with Crippen LogP contribution in [-0.4, -0.2) is 42.6 Å². The number of nitrogens with one attached hydrogen (secondary N) is 1. The van der Waals surface area contributed by atoms with E-state index in [2.05, 4.69) is 5.32 Å². The smallest absolute Gasteiger partial charge is 0.339 e. The van der Waals surface area contributed by atoms with E-state index in [0.717, 1.165) is 35.2 Å². The molecule has 5 rings (SSSR count). The largest absolute Gasteiger partial charge is 0.467 e. The molecular weight excluding hydrogens is 496 g/mol. The molecule has 1 N–H and O–H groups in total. The van der Waals surface area contributed by atoms with Gasteiger partial charge in [-0.2, -0.15) is 0 Å². The van der Waals surface area contributed by atoms with Gasteiger partial charge in [-0.05, 0) is 60.2 Å². The number of hydrogen-bond acceptors (Lipinski definition) is 7. The monoisotopic (exact) mass is 524 g/mol. The van der Waals surface area contributed by atoms with Gasteiger partial charge < -0.3 is 19.2 Å². The van der Waals surface area contributed by atoms with Crippen molar-refractivity contribution in [2.45, 2.75) is 31.7 Å². The van der Waals surface area contributed by atoms with Gasteiger partial charge in [0.1, 0.15) is 11.8 Å². The molecule has 1 unspecified atom stereocenters. The summed E-state index contributed by atoms with van der Waals surface area (Å²) in [6, 6.07) is 19.4. The molecule has 198 valence electrons. The van der Waals surface area contributed by atoms with Crippen LogP contribution in [0.3, 0.4) is 0 Å². The van der Waals surface area contributed by atoms with Gasteiger partial charge in [0, 0.05) is 11.8 Å². The highest BCUT2D eigenvalue weighted by Crippen LogP contribution is 2.36. The number of carbonyl (C=O) groups is 3. The van der Waals surface area contributed by atoms with Crippen molar-refractivity contribution in [2.75, 3.05) is 13.7 Å². The number of fused-ring (bicyclic) bond motifs is 2. The molecule has 0 spiro atoms. The Labute approximate surface area is 225 Å². The Hall–Kier alpha value is -4.72. The molecule has 1 aliphatic carbocycles. The van der Waals surface area contributed by atoms with Crippen molar-refractivity contribution in [2.24, 2.45) is 0 Å². The number of carbonyl (C=O) groups excluding carboxylic acids is 3. The molecule has 8 heteroatoms. The van der Waals surface area contributed by atoms with E-state index in [0.29, 0.717) is 28.6 Å². The van der Waals surface area contributed by atoms with E-state index in [1.54, 1.807) is 6.26 Å². The van der Waals surface area contributed by atoms with E-state index in [4.69, 9.17) is 18.9 Å². The molecule has 1 amide bonds. The summed E-state index contributed by atoms with van der Waals surface area (Å²) in [5.74, 6) is -1.08. The van der Waals surface area contributed by atoms with Gasteiger partial charge >= 0.3 is 11.9 Å². The van der Waals surface area contributed by atoms with Gasteiger partial charge in [0.25, 0.3) is 5.91 Å². The van der Waals surface area contributed by atoms with Crippen molar-refractivity contribution in [1.29, 1.82) is 0 Å². The molecule has 2 aromatic carbocycles. The second-order valence-corrected chi connectivity index (χ2v) is 9.28. The highest BCUT2D eigenvalue weighted by atomic mass is 16.5. The lowest BCUT2D eigenvalue weighted by Gasteiger charge is -2.22. The normalized spacial score (nSPS) is 14.4. The number of esters is 2. The quantitative estimate of drug-likeness (QED) is 0.331. The molecule has 1 aliphatic rings. The van der Waals surface area contributed by atoms with Gasteiger partial charge in [-0.1, -0.05) is 48.5 Å². The molecule has 0 fully saturated rings. The van der Waals surface area contributed by atoms with Crippen LogP contribution < -0.4 is 5.32 Å². The number of aromatic nitrogens is 1. The van der Waals surface area contributed by atoms with Gasteiger partial charge in [-0.3, -0.25) is 4.79 Å². The molecule has 0 bridgehead atoms. The van der Waals surface area contributed by atoms with Gasteiger partial charge in [0.05, 0.1) is 30.1 Å². The predicted octanol–water partition coefficient (Wildman–Crippen LogP) is 4.76. The van der Waals surface area contributed by atoms with Crippen molar-refractivity contribution in [3.63, 3.8) is 0 Å². The van der Waals surface area contributed by atoms with Gasteiger partial charge in [0.15, 0.2) is 6.61 Å². The lowest BCUT2D eigenvalue weighted by atomic mass is 9.86. The summed E-state index contributed by atoms with van der Waals surface area (Å²) in [6.45, 7) is -0.540. The molecule has 2 aromatic heterocycles. The van der Waals surface area contributed by atoms with Gasteiger partial charge in [-0.25, -0.2) is 14.6 Å². The van der Waals surface area contributed by atoms with Crippen molar-refractivity contribution >= 4 is 40.4 Å². The van der Waals surface area contributed by atoms with Crippen LogP contribution in [0.5, 0.6) is 0 Å². The second-order valence-electron chi connectivity index (χ2n) is 9.28. The summed E-state index contributed by atoms with van der Waals surface area (Å²) in [5.41, 5.74) is 4.43. The van der Waals surface area contributed by atoms with E-state index in [1.165, 1.54) is 7.11 Å². The second kappa shape index (κ2) is 11.8. The summed E-state index contributed by atoms with van der Waals surface area (Å²) < 4.78 is 15.9. The van der Waals surface area contributed by atoms with Crippen molar-refractivity contribution < 1.29 is 28.3 Å². The van der Waals surface area contributed by atoms with Crippen LogP contribution >= 0.6 is 0 Å². The summed E-state index contributed by atoms with van der Waals surface area (Å²) in [5, 5.41) is 3.30. The van der Waals surface area contributed by atoms with Crippen LogP contribution in [-0.2, 0) is 31.9 Å². The van der Waals surface area contributed by atoms with E-state index in [9.17, 15) is 14.4 Å². The standard InChI is InChI=1S/C31H28N2O6/c1-37-30(35)26(17-20-9-3-2-4-10-20)32-27(34)19-39-31(36)28-23-13-5-6-15-25(23)33-29-21(11-7-14-24(28)29)18-22-12-8-16-38-22/h2-6,8-10,12-13,15-16,18,26H,7,11,14,17,19H2,1H3,(H,32,34)/b21-18+. The first kappa shape index (κ1) is 25.9. The minimum Gasteiger partial charge on any atom is -0.467 e. The maximum absolute atomic E-state index is 13.5. The van der Waals surface area contributed by atoms with Crippen molar-refractivity contribution in [1.82, 2.24) is 10.3 Å². The Bertz CT molecular complexity index is 1530. The summed E-state index contributed by atoms with van der Waals surface area (Å²) >= 11 is 0. The fraction of sp³-hybridized carbons (Fsp3) is 0.226. The maximum Gasteiger partial charge on any atom is 0.339 e. The van der Waals surface area contributed by atoms with Crippen LogP contribution in [0.1, 0.15) is 45.8 Å². The first-order chi connectivity index (χ1) is 19.0. The number of furan rings is 1. The molecule has 1 atom stereocenters. The molecule has 0 saturated heterocycles. The van der Waals surface area contributed by atoms with Crippen LogP contribution in [0.2, 0.25) is 0 Å². The number of pyridine rings is 1. The molecule has 0 radical (unpaired) electrons. The van der Waals surface area contributed by atoms with E-state index in [-0.39, 0.29) is 6.42 Å². The van der Waals surface area contributed by atoms with Crippen LogP contribution in [0.15, 0.2) is 77.4 Å². The van der Waals surface area contributed by atoms with Crippen LogP contribution in [0.4, 0.5) is 0 Å². The average molecular weight is 525 g/mol. The first-order valence-electron chi connectivity index (χ1n) is 12.8. The minimum absolute atomic E-state index is 0.250. The molecule has 0 saturated carbocycles. The Morgan fingerprint density at radius 3 is 2.59 bits per heavy atom. The number of hydrogen-bond donors (Lipinski definition) is 1. The molecular formula is C31H28N2O6. The molecule has 39 heavy (non-hydrogen) atoms. The fourth-order valence-corrected chi connectivity index (χ4v) is 4.88. The highest BCUT2D eigenvalue weighted by Gasteiger charge is 2.27. The summed E-state index contributed by atoms with van der Waals surface area (Å²) in [4.78, 5) is 43.4. The Morgan fingerprint density at radius 2 is 1.82 bits per heavy atom. The fourth-order valence-electron chi connectivity index (χ4n) is 4.88. The molecule has 8 nitrogen and oxygen atoms in total. The van der Waals surface area contributed by atoms with E-state index < -0.39 is 30.5 Å². The Balaban J connectivity index is 1.37. The highest BCUT2D eigenvalue weighted by molar-refractivity contribution is 6.07. The predicted molar refractivity (Wildman–Crippen MR) is 146 cm³/mol. The third kappa shape index (κ3) is 5.90. The zero-order chi connectivity index (χ0) is 27.2. The Kier molecular flexibility index (Phi) is 7.82. The van der Waals surface area contributed by atoms with Crippen LogP contribution in [0.25, 0.3) is 22.6 Å². The third-order valence-corrected chi connectivity index (χ3v) is 6.67. The number of rotatable bonds is 8. The zero-order valence-electron chi connectivity index (χ0n) is 21.5. The first-order valence-corrected chi connectivity index (χ1v) is 12.8. The number of benzene rings is 2. The Morgan fingerprint density at radius 1 is 1.03 bits per heavy atom. The van der Waals surface area contributed by atoms with E-state index in [1.807, 2.05) is 72.8 Å². The molecule has 0 aliphatic heterocycles. The zero-order valence-corrected chi connectivity index (χ0v) is 21.5. The minimum atomic E-state index is -0.910. The number of para-hydroxylation sites is 1. The lowest BCUT2D eigenvalue weighted by Crippen LogP contribution is -2.44. The summed E-state index contributed by atoms with van der Waals surface area (Å²) in [7, 11) is 1.26. The SMILES string of the molecule is COC(=O)C(Cc1ccccc1)NC(=O)COC(=O)c1c2c(nc3ccccc13)/C(=C/c1ccco1)CCC2. The third-order valence-electron chi connectivity index (χ3n) is 6.67. The molecule has 2 heterocycles. The number of ether oxygens (including phenoxy) is 2. The van der Waals surface area contributed by atoms with Gasteiger partial charge in [0.2, 0.25) is 0 Å². The van der Waals surface area contributed by atoms with Crippen LogP contribution in [0, 0.1) is 0 Å².